The van der Waals surface area contributed by atoms with Gasteiger partial charge in [0, 0.05) is 47.0 Å². The Morgan fingerprint density at radius 1 is 1.30 bits per heavy atom. The zero-order valence-corrected chi connectivity index (χ0v) is 18.5. The minimum atomic E-state index is -2.94. The van der Waals surface area contributed by atoms with E-state index in [1.165, 1.54) is 30.1 Å². The zero-order valence-electron chi connectivity index (χ0n) is 17.6. The summed E-state index contributed by atoms with van der Waals surface area (Å²) in [6.45, 7) is -0.126. The Hall–Kier alpha value is -3.26. The smallest absolute Gasteiger partial charge is 0.266 e. The fourth-order valence-electron chi connectivity index (χ4n) is 4.08. The van der Waals surface area contributed by atoms with Crippen LogP contribution in [0.15, 0.2) is 35.4 Å². The van der Waals surface area contributed by atoms with Crippen molar-refractivity contribution in [2.45, 2.75) is 31.2 Å². The summed E-state index contributed by atoms with van der Waals surface area (Å²) >= 11 is 0. The number of rotatable bonds is 5. The standard InChI is InChI=1S/C22H20F3N5O2S/c1-30-20-15(9-16(21(30)31)22(11-26)5-7-33(32)8-6-22)19(28-12-29-20)27-10-13-3-2-4-14(17(13)23)18(24)25/h2-4,9,12,18H,5-8,10H2,1H3,(H,27,28,29). The lowest BCUT2D eigenvalue weighted by Crippen LogP contribution is -2.39. The molecule has 7 nitrogen and oxygen atoms in total. The first kappa shape index (κ1) is 22.9. The van der Waals surface area contributed by atoms with E-state index in [4.69, 9.17) is 0 Å². The molecule has 172 valence electrons. The topological polar surface area (TPSA) is 101 Å². The Morgan fingerprint density at radius 2 is 2.03 bits per heavy atom. The highest BCUT2D eigenvalue weighted by Gasteiger charge is 2.39. The Morgan fingerprint density at radius 3 is 2.70 bits per heavy atom. The number of pyridine rings is 1. The van der Waals surface area contributed by atoms with E-state index in [1.807, 2.05) is 0 Å². The lowest BCUT2D eigenvalue weighted by Gasteiger charge is -2.30. The van der Waals surface area contributed by atoms with Gasteiger partial charge in [0.05, 0.1) is 22.4 Å². The van der Waals surface area contributed by atoms with Crippen LogP contribution in [0.1, 0.15) is 36.0 Å². The Kier molecular flexibility index (Phi) is 6.21. The molecule has 0 unspecified atom stereocenters. The Labute approximate surface area is 189 Å². The van der Waals surface area contributed by atoms with Crippen LogP contribution < -0.4 is 10.9 Å². The molecule has 1 aliphatic heterocycles. The van der Waals surface area contributed by atoms with Crippen LogP contribution in [0.4, 0.5) is 19.0 Å². The summed E-state index contributed by atoms with van der Waals surface area (Å²) < 4.78 is 53.6. The second-order valence-electron chi connectivity index (χ2n) is 7.90. The van der Waals surface area contributed by atoms with Crippen molar-refractivity contribution in [1.29, 1.82) is 5.26 Å². The van der Waals surface area contributed by atoms with E-state index in [1.54, 1.807) is 6.07 Å². The number of nitrogens with zero attached hydrogens (tertiary/aromatic N) is 4. The molecule has 1 saturated heterocycles. The van der Waals surface area contributed by atoms with Crippen molar-refractivity contribution in [2.24, 2.45) is 7.05 Å². The maximum absolute atomic E-state index is 14.4. The molecule has 0 radical (unpaired) electrons. The van der Waals surface area contributed by atoms with Crippen molar-refractivity contribution in [3.63, 3.8) is 0 Å². The molecule has 33 heavy (non-hydrogen) atoms. The molecule has 2 aromatic heterocycles. The van der Waals surface area contributed by atoms with Crippen LogP contribution in [0.3, 0.4) is 0 Å². The van der Waals surface area contributed by atoms with E-state index in [-0.39, 0.29) is 29.0 Å². The molecule has 0 amide bonds. The summed E-state index contributed by atoms with van der Waals surface area (Å²) in [5, 5.41) is 13.3. The number of aryl methyl sites for hydroxylation is 1. The Bertz CT molecular complexity index is 1340. The predicted molar refractivity (Wildman–Crippen MR) is 118 cm³/mol. The van der Waals surface area contributed by atoms with Gasteiger partial charge in [-0.3, -0.25) is 13.6 Å². The van der Waals surface area contributed by atoms with E-state index in [0.29, 0.717) is 35.4 Å². The molecule has 3 aromatic rings. The lowest BCUT2D eigenvalue weighted by molar-refractivity contribution is 0.146. The third-order valence-corrected chi connectivity index (χ3v) is 7.36. The summed E-state index contributed by atoms with van der Waals surface area (Å²) in [7, 11) is 0.507. The van der Waals surface area contributed by atoms with Gasteiger partial charge in [0.2, 0.25) is 0 Å². The Balaban J connectivity index is 1.77. The first-order valence-corrected chi connectivity index (χ1v) is 11.7. The number of benzene rings is 1. The van der Waals surface area contributed by atoms with Gasteiger partial charge < -0.3 is 5.32 Å². The molecule has 0 atom stereocenters. The van der Waals surface area contributed by atoms with Gasteiger partial charge in [-0.1, -0.05) is 18.2 Å². The molecule has 1 fully saturated rings. The largest absolute Gasteiger partial charge is 0.365 e. The molecule has 1 N–H and O–H groups in total. The number of fused-ring (bicyclic) bond motifs is 1. The van der Waals surface area contributed by atoms with Crippen LogP contribution in [0.2, 0.25) is 0 Å². The van der Waals surface area contributed by atoms with E-state index in [0.717, 1.165) is 6.07 Å². The molecule has 1 aliphatic rings. The van der Waals surface area contributed by atoms with Crippen molar-refractivity contribution in [2.75, 3.05) is 16.8 Å². The second-order valence-corrected chi connectivity index (χ2v) is 9.59. The maximum atomic E-state index is 14.4. The highest BCUT2D eigenvalue weighted by atomic mass is 32.2. The van der Waals surface area contributed by atoms with Crippen molar-refractivity contribution in [3.8, 4) is 6.07 Å². The van der Waals surface area contributed by atoms with Gasteiger partial charge in [-0.15, -0.1) is 0 Å². The van der Waals surface area contributed by atoms with Crippen LogP contribution in [0.5, 0.6) is 0 Å². The maximum Gasteiger partial charge on any atom is 0.266 e. The highest BCUT2D eigenvalue weighted by molar-refractivity contribution is 7.85. The number of alkyl halides is 2. The molecular formula is C22H20F3N5O2S. The fourth-order valence-corrected chi connectivity index (χ4v) is 5.44. The molecule has 0 spiro atoms. The summed E-state index contributed by atoms with van der Waals surface area (Å²) in [6.07, 6.45) is -1.12. The van der Waals surface area contributed by atoms with Gasteiger partial charge in [0.1, 0.15) is 23.6 Å². The molecular weight excluding hydrogens is 455 g/mol. The van der Waals surface area contributed by atoms with Crippen molar-refractivity contribution >= 4 is 27.7 Å². The van der Waals surface area contributed by atoms with Crippen LogP contribution in [-0.4, -0.2) is 30.2 Å². The number of hydrogen-bond acceptors (Lipinski definition) is 6. The van der Waals surface area contributed by atoms with Crippen molar-refractivity contribution in [3.05, 3.63) is 63.5 Å². The molecule has 0 saturated carbocycles. The van der Waals surface area contributed by atoms with Crippen molar-refractivity contribution in [1.82, 2.24) is 14.5 Å². The summed E-state index contributed by atoms with van der Waals surface area (Å²) in [4.78, 5) is 21.5. The quantitative estimate of drug-likeness (QED) is 0.608. The highest BCUT2D eigenvalue weighted by Crippen LogP contribution is 2.35. The molecule has 0 aliphatic carbocycles. The first-order valence-electron chi connectivity index (χ1n) is 10.2. The van der Waals surface area contributed by atoms with Gasteiger partial charge in [-0.25, -0.2) is 23.1 Å². The van der Waals surface area contributed by atoms with Crippen LogP contribution in [0, 0.1) is 17.1 Å². The second kappa shape index (κ2) is 8.94. The molecule has 0 bridgehead atoms. The summed E-state index contributed by atoms with van der Waals surface area (Å²) in [6, 6.07) is 7.60. The van der Waals surface area contributed by atoms with Gasteiger partial charge in [0.25, 0.3) is 12.0 Å². The average Bonchev–Trinajstić information content (AvgIpc) is 2.81. The molecule has 4 rings (SSSR count). The molecule has 11 heteroatoms. The number of nitriles is 1. The summed E-state index contributed by atoms with van der Waals surface area (Å²) in [5.41, 5.74) is -1.54. The normalized spacial score (nSPS) is 20.7. The zero-order chi connectivity index (χ0) is 23.8. The van der Waals surface area contributed by atoms with E-state index >= 15 is 0 Å². The molecule has 3 heterocycles. The number of hydrogen-bond donors (Lipinski definition) is 1. The van der Waals surface area contributed by atoms with Crippen molar-refractivity contribution < 1.29 is 17.4 Å². The van der Waals surface area contributed by atoms with Gasteiger partial charge in [-0.05, 0) is 18.9 Å². The minimum Gasteiger partial charge on any atom is -0.365 e. The van der Waals surface area contributed by atoms with E-state index < -0.39 is 34.0 Å². The van der Waals surface area contributed by atoms with Crippen LogP contribution in [0.25, 0.3) is 11.0 Å². The summed E-state index contributed by atoms with van der Waals surface area (Å²) in [5.74, 6) is -0.0771. The van der Waals surface area contributed by atoms with E-state index in [9.17, 15) is 27.4 Å². The lowest BCUT2D eigenvalue weighted by atomic mass is 9.77. The number of anilines is 1. The fraction of sp³-hybridized carbons (Fsp3) is 0.364. The van der Waals surface area contributed by atoms with E-state index in [2.05, 4.69) is 21.4 Å². The van der Waals surface area contributed by atoms with Gasteiger partial charge in [0.15, 0.2) is 0 Å². The third-order valence-electron chi connectivity index (χ3n) is 6.04. The SMILES string of the molecule is Cn1c(=O)c(C2(C#N)CCS(=O)CC2)cc2c(NCc3cccc(C(F)F)c3F)ncnc21. The average molecular weight is 475 g/mol. The van der Waals surface area contributed by atoms with Gasteiger partial charge >= 0.3 is 0 Å². The minimum absolute atomic E-state index is 0.0351. The number of halogens is 3. The predicted octanol–water partition coefficient (Wildman–Crippen LogP) is 3.32. The van der Waals surface area contributed by atoms with Crippen LogP contribution in [-0.2, 0) is 29.8 Å². The molecule has 1 aromatic carbocycles. The third kappa shape index (κ3) is 4.11. The number of nitrogens with one attached hydrogen (secondary N) is 1. The van der Waals surface area contributed by atoms with Gasteiger partial charge in [-0.2, -0.15) is 5.26 Å². The monoisotopic (exact) mass is 475 g/mol. The van der Waals surface area contributed by atoms with Crippen LogP contribution >= 0.6 is 0 Å². The number of aromatic nitrogens is 3. The first-order chi connectivity index (χ1) is 15.8.